The van der Waals surface area contributed by atoms with Crippen molar-refractivity contribution < 1.29 is 47.9 Å². The molecule has 0 aromatic heterocycles. The summed E-state index contributed by atoms with van der Waals surface area (Å²) in [4.78, 5) is 38.0. The van der Waals surface area contributed by atoms with Crippen molar-refractivity contribution in [2.24, 2.45) is 17.3 Å². The maximum absolute atomic E-state index is 12.9. The molecule has 0 unspecified atom stereocenters. The molecule has 1 aliphatic heterocycles. The second-order valence-electron chi connectivity index (χ2n) is 10.2. The summed E-state index contributed by atoms with van der Waals surface area (Å²) >= 11 is 0. The van der Waals surface area contributed by atoms with E-state index in [0.717, 1.165) is 5.75 Å². The molecule has 2 aromatic carbocycles. The molecule has 1 saturated carbocycles. The molecular weight excluding hydrogens is 520 g/mol. The molecule has 2 aromatic rings. The first-order valence-corrected chi connectivity index (χ1v) is 13.3. The van der Waals surface area contributed by atoms with Crippen LogP contribution in [0.25, 0.3) is 0 Å². The first kappa shape index (κ1) is 29.4. The van der Waals surface area contributed by atoms with Gasteiger partial charge in [0, 0.05) is 18.9 Å². The van der Waals surface area contributed by atoms with Crippen LogP contribution in [0.5, 0.6) is 11.5 Å². The quantitative estimate of drug-likeness (QED) is 0.301. The van der Waals surface area contributed by atoms with E-state index in [2.05, 4.69) is 0 Å². The fourth-order valence-electron chi connectivity index (χ4n) is 6.23. The number of hydrogen-bond donors (Lipinski definition) is 1. The summed E-state index contributed by atoms with van der Waals surface area (Å²) < 4.78 is 33.6. The lowest BCUT2D eigenvalue weighted by atomic mass is 9.61. The van der Waals surface area contributed by atoms with Crippen LogP contribution < -0.4 is 9.47 Å². The van der Waals surface area contributed by atoms with Gasteiger partial charge in [-0.25, -0.2) is 9.59 Å². The molecule has 10 nitrogen and oxygen atoms in total. The van der Waals surface area contributed by atoms with Crippen LogP contribution in [0.15, 0.2) is 54.6 Å². The fourth-order valence-corrected chi connectivity index (χ4v) is 6.23. The van der Waals surface area contributed by atoms with Crippen LogP contribution in [0.4, 0.5) is 0 Å². The van der Waals surface area contributed by atoms with Crippen LogP contribution in [0.3, 0.4) is 0 Å². The Hall–Kier alpha value is -3.63. The normalized spacial score (nSPS) is 27.3. The van der Waals surface area contributed by atoms with E-state index in [0.29, 0.717) is 30.8 Å². The lowest BCUT2D eigenvalue weighted by Crippen LogP contribution is -2.56. The monoisotopic (exact) mass is 556 g/mol. The number of carbonyl (C=O) groups excluding carboxylic acids is 2. The van der Waals surface area contributed by atoms with Crippen molar-refractivity contribution in [3.05, 3.63) is 60.2 Å². The van der Waals surface area contributed by atoms with Gasteiger partial charge in [0.1, 0.15) is 17.6 Å². The zero-order valence-corrected chi connectivity index (χ0v) is 22.9. The minimum atomic E-state index is -1.23. The topological polar surface area (TPSA) is 127 Å². The standard InChI is InChI=1S/C30H36O10/c1-35-20-11-13-21(14-12-20)38-15-7-10-23-29(37-3)40-26(27(32)33)24-16-22(17-30(23,24)18-25(31)36-2)39-28(34)19-8-5-4-6-9-19/h4-6,8-9,11-14,22-24,26,29H,7,10,15-18H2,1-3H3,(H,32,33)/t22-,23-,24+,26-,29-,30+/m0/s1. The Bertz CT molecular complexity index is 1150. The Kier molecular flexibility index (Phi) is 9.65. The van der Waals surface area contributed by atoms with Crippen LogP contribution >= 0.6 is 0 Å². The molecule has 1 heterocycles. The molecule has 4 rings (SSSR count). The van der Waals surface area contributed by atoms with Crippen molar-refractivity contribution in [2.75, 3.05) is 27.9 Å². The number of rotatable bonds is 12. The maximum atomic E-state index is 12.9. The average Bonchev–Trinajstić information content (AvgIpc) is 3.33. The summed E-state index contributed by atoms with van der Waals surface area (Å²) in [5.74, 6) is -1.70. The van der Waals surface area contributed by atoms with Crippen molar-refractivity contribution in [1.82, 2.24) is 0 Å². The van der Waals surface area contributed by atoms with Gasteiger partial charge < -0.3 is 33.5 Å². The molecule has 10 heteroatoms. The van der Waals surface area contributed by atoms with E-state index in [9.17, 15) is 19.5 Å². The molecule has 1 N–H and O–H groups in total. The van der Waals surface area contributed by atoms with Gasteiger partial charge in [0.15, 0.2) is 12.4 Å². The SMILES string of the molecule is COC(=O)C[C@@]12C[C@@H](OC(=O)c3ccccc3)C[C@@H]1[C@@H](C(=O)O)O[C@H](OC)[C@@H]2CCCOc1ccc(OC)cc1. The van der Waals surface area contributed by atoms with E-state index in [1.54, 1.807) is 37.4 Å². The van der Waals surface area contributed by atoms with Crippen LogP contribution in [0.1, 0.15) is 42.5 Å². The van der Waals surface area contributed by atoms with Crippen molar-refractivity contribution in [1.29, 1.82) is 0 Å². The van der Waals surface area contributed by atoms with Crippen molar-refractivity contribution in [3.63, 3.8) is 0 Å². The Morgan fingerprint density at radius 1 is 1.00 bits per heavy atom. The van der Waals surface area contributed by atoms with Crippen LogP contribution in [0.2, 0.25) is 0 Å². The number of carboxylic acids is 1. The highest BCUT2D eigenvalue weighted by molar-refractivity contribution is 5.89. The van der Waals surface area contributed by atoms with E-state index in [1.807, 2.05) is 24.3 Å². The number of ether oxygens (including phenoxy) is 6. The van der Waals surface area contributed by atoms with Gasteiger partial charge in [0.05, 0.1) is 32.8 Å². The molecule has 2 fully saturated rings. The van der Waals surface area contributed by atoms with Gasteiger partial charge in [0.25, 0.3) is 0 Å². The van der Waals surface area contributed by atoms with Gasteiger partial charge >= 0.3 is 17.9 Å². The second-order valence-corrected chi connectivity index (χ2v) is 10.2. The van der Waals surface area contributed by atoms with Crippen molar-refractivity contribution in [3.8, 4) is 11.5 Å². The predicted molar refractivity (Wildman–Crippen MR) is 142 cm³/mol. The summed E-state index contributed by atoms with van der Waals surface area (Å²) in [5, 5.41) is 10.1. The van der Waals surface area contributed by atoms with Gasteiger partial charge in [0.2, 0.25) is 0 Å². The Morgan fingerprint density at radius 2 is 1.70 bits per heavy atom. The number of carboxylic acid groups (broad SMARTS) is 1. The summed E-state index contributed by atoms with van der Waals surface area (Å²) in [7, 11) is 4.35. The Morgan fingerprint density at radius 3 is 2.33 bits per heavy atom. The first-order valence-electron chi connectivity index (χ1n) is 13.3. The number of carbonyl (C=O) groups is 3. The smallest absolute Gasteiger partial charge is 0.338 e. The highest BCUT2D eigenvalue weighted by Crippen LogP contribution is 2.59. The Labute approximate surface area is 233 Å². The molecular formula is C30H36O10. The van der Waals surface area contributed by atoms with Crippen molar-refractivity contribution >= 4 is 17.9 Å². The molecule has 216 valence electrons. The summed E-state index contributed by atoms with van der Waals surface area (Å²) in [6, 6.07) is 15.8. The fraction of sp³-hybridized carbons (Fsp3) is 0.500. The number of benzene rings is 2. The molecule has 0 amide bonds. The molecule has 0 spiro atoms. The van der Waals surface area contributed by atoms with Gasteiger partial charge in [-0.05, 0) is 67.5 Å². The second kappa shape index (κ2) is 13.1. The minimum Gasteiger partial charge on any atom is -0.497 e. The van der Waals surface area contributed by atoms with Gasteiger partial charge in [-0.1, -0.05) is 18.2 Å². The highest BCUT2D eigenvalue weighted by atomic mass is 16.7. The highest BCUT2D eigenvalue weighted by Gasteiger charge is 2.63. The van der Waals surface area contributed by atoms with Crippen molar-refractivity contribution in [2.45, 2.75) is 50.6 Å². The molecule has 1 aliphatic carbocycles. The van der Waals surface area contributed by atoms with E-state index < -0.39 is 47.7 Å². The third kappa shape index (κ3) is 6.39. The first-order chi connectivity index (χ1) is 19.3. The van der Waals surface area contributed by atoms with Gasteiger partial charge in [-0.15, -0.1) is 0 Å². The van der Waals surface area contributed by atoms with E-state index in [1.165, 1.54) is 14.2 Å². The van der Waals surface area contributed by atoms with Crippen LogP contribution in [-0.4, -0.2) is 69.4 Å². The van der Waals surface area contributed by atoms with Crippen LogP contribution in [0, 0.1) is 17.3 Å². The van der Waals surface area contributed by atoms with Gasteiger partial charge in [-0.2, -0.15) is 0 Å². The summed E-state index contributed by atoms with van der Waals surface area (Å²) in [5.41, 5.74) is -0.496. The molecule has 0 bridgehead atoms. The van der Waals surface area contributed by atoms with E-state index >= 15 is 0 Å². The number of methoxy groups -OCH3 is 3. The summed E-state index contributed by atoms with van der Waals surface area (Å²) in [6.07, 6.45) is -1.15. The zero-order chi connectivity index (χ0) is 28.7. The van der Waals surface area contributed by atoms with E-state index in [4.69, 9.17) is 28.4 Å². The molecule has 1 saturated heterocycles. The number of hydrogen-bond acceptors (Lipinski definition) is 9. The molecule has 6 atom stereocenters. The van der Waals surface area contributed by atoms with E-state index in [-0.39, 0.29) is 25.2 Å². The summed E-state index contributed by atoms with van der Waals surface area (Å²) in [6.45, 7) is 0.382. The number of aliphatic carboxylic acids is 1. The lowest BCUT2D eigenvalue weighted by molar-refractivity contribution is -0.269. The van der Waals surface area contributed by atoms with Gasteiger partial charge in [-0.3, -0.25) is 4.79 Å². The zero-order valence-electron chi connectivity index (χ0n) is 22.9. The predicted octanol–water partition coefficient (Wildman–Crippen LogP) is 4.11. The third-order valence-electron chi connectivity index (χ3n) is 8.02. The average molecular weight is 557 g/mol. The molecule has 40 heavy (non-hydrogen) atoms. The number of fused-ring (bicyclic) bond motifs is 1. The molecule has 2 aliphatic rings. The van der Waals surface area contributed by atoms with Crippen LogP contribution in [-0.2, 0) is 28.5 Å². The Balaban J connectivity index is 1.56. The minimum absolute atomic E-state index is 0.0510. The molecule has 0 radical (unpaired) electrons. The third-order valence-corrected chi connectivity index (χ3v) is 8.02. The largest absolute Gasteiger partial charge is 0.497 e. The number of esters is 2. The lowest BCUT2D eigenvalue weighted by Gasteiger charge is -2.50. The maximum Gasteiger partial charge on any atom is 0.338 e.